The molecule has 1 heterocycles. The van der Waals surface area contributed by atoms with Crippen molar-refractivity contribution in [3.05, 3.63) is 23.9 Å². The van der Waals surface area contributed by atoms with Crippen LogP contribution < -0.4 is 5.32 Å². The van der Waals surface area contributed by atoms with Crippen LogP contribution in [0.2, 0.25) is 0 Å². The first-order valence-electron chi connectivity index (χ1n) is 4.50. The van der Waals surface area contributed by atoms with Gasteiger partial charge in [-0.2, -0.15) is 0 Å². The van der Waals surface area contributed by atoms with Crippen molar-refractivity contribution in [3.63, 3.8) is 0 Å². The fourth-order valence-electron chi connectivity index (χ4n) is 1.09. The highest BCUT2D eigenvalue weighted by molar-refractivity contribution is 6.18. The lowest BCUT2D eigenvalue weighted by Crippen LogP contribution is -2.27. The molecule has 1 atom stereocenters. The summed E-state index contributed by atoms with van der Waals surface area (Å²) < 4.78 is 5.02. The van der Waals surface area contributed by atoms with E-state index >= 15 is 0 Å². The molecular weight excluding hydrogens is 200 g/mol. The standard InChI is InChI=1S/C10H15ClN2O/c1-8-3-4-10(12-6-8)13-9(5-11)7-14-2/h3-4,6,9H,5,7H2,1-2H3,(H,12,13). The number of hydrogen-bond acceptors (Lipinski definition) is 3. The molecule has 0 spiro atoms. The van der Waals surface area contributed by atoms with Crippen molar-refractivity contribution in [1.82, 2.24) is 4.98 Å². The van der Waals surface area contributed by atoms with E-state index in [-0.39, 0.29) is 6.04 Å². The minimum Gasteiger partial charge on any atom is -0.383 e. The van der Waals surface area contributed by atoms with Crippen molar-refractivity contribution in [1.29, 1.82) is 0 Å². The number of anilines is 1. The number of alkyl halides is 1. The number of ether oxygens (including phenoxy) is 1. The van der Waals surface area contributed by atoms with E-state index in [2.05, 4.69) is 10.3 Å². The van der Waals surface area contributed by atoms with E-state index in [9.17, 15) is 0 Å². The Morgan fingerprint density at radius 3 is 2.86 bits per heavy atom. The predicted octanol–water partition coefficient (Wildman–Crippen LogP) is 2.06. The quantitative estimate of drug-likeness (QED) is 0.762. The molecule has 0 radical (unpaired) electrons. The van der Waals surface area contributed by atoms with Gasteiger partial charge >= 0.3 is 0 Å². The highest BCUT2D eigenvalue weighted by Crippen LogP contribution is 2.06. The summed E-state index contributed by atoms with van der Waals surface area (Å²) in [5.74, 6) is 1.34. The summed E-state index contributed by atoms with van der Waals surface area (Å²) in [7, 11) is 1.66. The molecule has 0 aliphatic heterocycles. The lowest BCUT2D eigenvalue weighted by atomic mass is 10.3. The first-order valence-corrected chi connectivity index (χ1v) is 5.04. The SMILES string of the molecule is COCC(CCl)Nc1ccc(C)cn1. The van der Waals surface area contributed by atoms with E-state index in [4.69, 9.17) is 16.3 Å². The average Bonchev–Trinajstić information content (AvgIpc) is 2.20. The Morgan fingerprint density at radius 2 is 2.36 bits per heavy atom. The zero-order valence-corrected chi connectivity index (χ0v) is 9.21. The number of hydrogen-bond donors (Lipinski definition) is 1. The van der Waals surface area contributed by atoms with Crippen molar-refractivity contribution in [2.45, 2.75) is 13.0 Å². The highest BCUT2D eigenvalue weighted by atomic mass is 35.5. The Morgan fingerprint density at radius 1 is 1.57 bits per heavy atom. The van der Waals surface area contributed by atoms with Crippen molar-refractivity contribution in [2.75, 3.05) is 24.9 Å². The van der Waals surface area contributed by atoms with Crippen LogP contribution in [0.4, 0.5) is 5.82 Å². The third-order valence-electron chi connectivity index (χ3n) is 1.82. The Labute approximate surface area is 89.4 Å². The number of pyridine rings is 1. The van der Waals surface area contributed by atoms with Crippen molar-refractivity contribution in [3.8, 4) is 0 Å². The molecular formula is C10H15ClN2O. The molecule has 78 valence electrons. The zero-order valence-electron chi connectivity index (χ0n) is 8.46. The second-order valence-electron chi connectivity index (χ2n) is 3.17. The Hall–Kier alpha value is -0.800. The molecule has 4 heteroatoms. The molecule has 1 aromatic rings. The van der Waals surface area contributed by atoms with Crippen molar-refractivity contribution < 1.29 is 4.74 Å². The van der Waals surface area contributed by atoms with Gasteiger partial charge in [0, 0.05) is 19.2 Å². The summed E-state index contributed by atoms with van der Waals surface area (Å²) >= 11 is 5.76. The van der Waals surface area contributed by atoms with Crippen LogP contribution in [-0.2, 0) is 4.74 Å². The van der Waals surface area contributed by atoms with Gasteiger partial charge in [-0.25, -0.2) is 4.98 Å². The van der Waals surface area contributed by atoms with Crippen LogP contribution in [0.25, 0.3) is 0 Å². The van der Waals surface area contributed by atoms with Gasteiger partial charge in [0.2, 0.25) is 0 Å². The number of nitrogens with one attached hydrogen (secondary N) is 1. The van der Waals surface area contributed by atoms with Crippen LogP contribution in [0, 0.1) is 6.92 Å². The molecule has 0 saturated carbocycles. The van der Waals surface area contributed by atoms with Crippen LogP contribution >= 0.6 is 11.6 Å². The zero-order chi connectivity index (χ0) is 10.4. The van der Waals surface area contributed by atoms with Gasteiger partial charge in [-0.05, 0) is 18.6 Å². The molecule has 0 bridgehead atoms. The second kappa shape index (κ2) is 5.83. The summed E-state index contributed by atoms with van der Waals surface area (Å²) in [6, 6.07) is 4.05. The van der Waals surface area contributed by atoms with E-state index in [1.54, 1.807) is 7.11 Å². The molecule has 0 saturated heterocycles. The van der Waals surface area contributed by atoms with Gasteiger partial charge in [0.25, 0.3) is 0 Å². The van der Waals surface area contributed by atoms with Gasteiger partial charge in [0.1, 0.15) is 5.82 Å². The number of aromatic nitrogens is 1. The van der Waals surface area contributed by atoms with Gasteiger partial charge in [-0.3, -0.25) is 0 Å². The van der Waals surface area contributed by atoms with Crippen LogP contribution in [0.3, 0.4) is 0 Å². The Kier molecular flexibility index (Phi) is 4.70. The normalized spacial score (nSPS) is 12.5. The van der Waals surface area contributed by atoms with Crippen LogP contribution in [0.15, 0.2) is 18.3 Å². The summed E-state index contributed by atoms with van der Waals surface area (Å²) in [5, 5.41) is 3.19. The summed E-state index contributed by atoms with van der Waals surface area (Å²) in [5.41, 5.74) is 1.14. The molecule has 1 unspecified atom stereocenters. The maximum atomic E-state index is 5.76. The molecule has 0 amide bonds. The monoisotopic (exact) mass is 214 g/mol. The molecule has 14 heavy (non-hydrogen) atoms. The second-order valence-corrected chi connectivity index (χ2v) is 3.48. The third kappa shape index (κ3) is 3.52. The largest absolute Gasteiger partial charge is 0.383 e. The number of aryl methyl sites for hydroxylation is 1. The lowest BCUT2D eigenvalue weighted by molar-refractivity contribution is 0.191. The van der Waals surface area contributed by atoms with Crippen LogP contribution in [-0.4, -0.2) is 30.6 Å². The van der Waals surface area contributed by atoms with Gasteiger partial charge in [-0.1, -0.05) is 6.07 Å². The van der Waals surface area contributed by atoms with Gasteiger partial charge in [-0.15, -0.1) is 11.6 Å². The van der Waals surface area contributed by atoms with E-state index < -0.39 is 0 Å². The van der Waals surface area contributed by atoms with Crippen LogP contribution in [0.5, 0.6) is 0 Å². The van der Waals surface area contributed by atoms with Crippen molar-refractivity contribution >= 4 is 17.4 Å². The first kappa shape index (κ1) is 11.3. The van der Waals surface area contributed by atoms with Gasteiger partial charge in [0.05, 0.1) is 12.6 Å². The molecule has 0 fully saturated rings. The average molecular weight is 215 g/mol. The minimum atomic E-state index is 0.108. The molecule has 1 N–H and O–H groups in total. The number of rotatable bonds is 5. The Bertz CT molecular complexity index is 263. The number of methoxy groups -OCH3 is 1. The Balaban J connectivity index is 2.53. The highest BCUT2D eigenvalue weighted by Gasteiger charge is 2.06. The maximum Gasteiger partial charge on any atom is 0.126 e. The van der Waals surface area contributed by atoms with Gasteiger partial charge in [0.15, 0.2) is 0 Å². The summed E-state index contributed by atoms with van der Waals surface area (Å²) in [6.45, 7) is 2.59. The topological polar surface area (TPSA) is 34.1 Å². The fraction of sp³-hybridized carbons (Fsp3) is 0.500. The molecule has 1 aromatic heterocycles. The van der Waals surface area contributed by atoms with E-state index in [1.807, 2.05) is 25.3 Å². The van der Waals surface area contributed by atoms with Crippen LogP contribution in [0.1, 0.15) is 5.56 Å². The minimum absolute atomic E-state index is 0.108. The third-order valence-corrected chi connectivity index (χ3v) is 2.19. The molecule has 0 aliphatic carbocycles. The smallest absolute Gasteiger partial charge is 0.126 e. The van der Waals surface area contributed by atoms with Crippen molar-refractivity contribution in [2.24, 2.45) is 0 Å². The fourth-order valence-corrected chi connectivity index (χ4v) is 1.25. The number of halogens is 1. The van der Waals surface area contributed by atoms with E-state index in [1.165, 1.54) is 0 Å². The van der Waals surface area contributed by atoms with Gasteiger partial charge < -0.3 is 10.1 Å². The predicted molar refractivity (Wildman–Crippen MR) is 59.0 cm³/mol. The first-order chi connectivity index (χ1) is 6.76. The lowest BCUT2D eigenvalue weighted by Gasteiger charge is -2.15. The van der Waals surface area contributed by atoms with E-state index in [0.717, 1.165) is 11.4 Å². The number of nitrogens with zero attached hydrogens (tertiary/aromatic N) is 1. The molecule has 0 aromatic carbocycles. The summed E-state index contributed by atoms with van der Waals surface area (Å²) in [6.07, 6.45) is 1.82. The maximum absolute atomic E-state index is 5.76. The summed E-state index contributed by atoms with van der Waals surface area (Å²) in [4.78, 5) is 4.22. The molecule has 0 aliphatic rings. The molecule has 3 nitrogen and oxygen atoms in total. The molecule has 1 rings (SSSR count). The van der Waals surface area contributed by atoms with E-state index in [0.29, 0.717) is 12.5 Å².